The Morgan fingerprint density at radius 3 is 2.46 bits per heavy atom. The van der Waals surface area contributed by atoms with Gasteiger partial charge in [-0.1, -0.05) is 60.7 Å². The Morgan fingerprint density at radius 2 is 1.68 bits per heavy atom. The number of carbonyl (C=O) groups is 2. The van der Waals surface area contributed by atoms with Gasteiger partial charge in [-0.3, -0.25) is 9.59 Å². The molecule has 142 valence electrons. The van der Waals surface area contributed by atoms with E-state index < -0.39 is 11.7 Å². The van der Waals surface area contributed by atoms with Gasteiger partial charge in [0.25, 0.3) is 11.7 Å². The van der Waals surface area contributed by atoms with E-state index >= 15 is 0 Å². The standard InChI is InChI=1S/C23H22N2O3/c26-22(23(27)24-13-15-28-16-14-24)20-17-25(21-11-5-4-10-19(20)21)12-6-9-18-7-2-1-3-8-18/h1-11,17H,12-16H2/b9-6+. The number of hydrogen-bond donors (Lipinski definition) is 0. The molecule has 1 fully saturated rings. The molecule has 3 aromatic rings. The number of allylic oxidation sites excluding steroid dienone is 1. The second-order valence-corrected chi connectivity index (χ2v) is 6.76. The lowest BCUT2D eigenvalue weighted by molar-refractivity contribution is -0.130. The predicted octanol–water partition coefficient (Wildman–Crippen LogP) is 3.40. The lowest BCUT2D eigenvalue weighted by Gasteiger charge is -2.25. The van der Waals surface area contributed by atoms with E-state index in [2.05, 4.69) is 12.2 Å². The largest absolute Gasteiger partial charge is 0.378 e. The zero-order valence-corrected chi connectivity index (χ0v) is 15.6. The van der Waals surface area contributed by atoms with Gasteiger partial charge in [0.1, 0.15) is 0 Å². The fourth-order valence-corrected chi connectivity index (χ4v) is 3.47. The Bertz CT molecular complexity index is 1010. The van der Waals surface area contributed by atoms with Gasteiger partial charge in [-0.25, -0.2) is 0 Å². The molecule has 4 rings (SSSR count). The molecule has 1 amide bonds. The number of ether oxygens (including phenoxy) is 1. The maximum Gasteiger partial charge on any atom is 0.295 e. The van der Waals surface area contributed by atoms with E-state index in [1.165, 1.54) is 0 Å². The summed E-state index contributed by atoms with van der Waals surface area (Å²) in [6, 6.07) is 17.8. The zero-order valence-electron chi connectivity index (χ0n) is 15.6. The molecule has 5 nitrogen and oxygen atoms in total. The van der Waals surface area contributed by atoms with E-state index in [0.717, 1.165) is 16.5 Å². The first kappa shape index (κ1) is 18.2. The number of carbonyl (C=O) groups excluding carboxylic acids is 2. The van der Waals surface area contributed by atoms with Gasteiger partial charge < -0.3 is 14.2 Å². The number of nitrogens with zero attached hydrogens (tertiary/aromatic N) is 2. The summed E-state index contributed by atoms with van der Waals surface area (Å²) in [5.74, 6) is -0.907. The molecular weight excluding hydrogens is 352 g/mol. The summed E-state index contributed by atoms with van der Waals surface area (Å²) in [5.41, 5.74) is 2.52. The summed E-state index contributed by atoms with van der Waals surface area (Å²) in [6.07, 6.45) is 5.90. The van der Waals surface area contributed by atoms with Crippen molar-refractivity contribution in [3.8, 4) is 0 Å². The Hall–Kier alpha value is -3.18. The highest BCUT2D eigenvalue weighted by atomic mass is 16.5. The molecule has 1 aliphatic heterocycles. The molecule has 0 unspecified atom stereocenters. The molecule has 0 aliphatic carbocycles. The first-order valence-electron chi connectivity index (χ1n) is 9.45. The van der Waals surface area contributed by atoms with E-state index in [9.17, 15) is 9.59 Å². The quantitative estimate of drug-likeness (QED) is 0.508. The number of morpholine rings is 1. The van der Waals surface area contributed by atoms with Crippen molar-refractivity contribution < 1.29 is 14.3 Å². The fourth-order valence-electron chi connectivity index (χ4n) is 3.47. The molecule has 0 saturated carbocycles. The Balaban J connectivity index is 1.60. The van der Waals surface area contributed by atoms with Gasteiger partial charge in [-0.15, -0.1) is 0 Å². The van der Waals surface area contributed by atoms with Gasteiger partial charge in [0.2, 0.25) is 0 Å². The molecular formula is C23H22N2O3. The first-order chi connectivity index (χ1) is 13.7. The summed E-state index contributed by atoms with van der Waals surface area (Å²) in [4.78, 5) is 27.1. The van der Waals surface area contributed by atoms with Crippen LogP contribution in [0.4, 0.5) is 0 Å². The highest BCUT2D eigenvalue weighted by Crippen LogP contribution is 2.23. The zero-order chi connectivity index (χ0) is 19.3. The fraction of sp³-hybridized carbons (Fsp3) is 0.217. The Labute approximate surface area is 163 Å². The average molecular weight is 374 g/mol. The van der Waals surface area contributed by atoms with Crippen LogP contribution < -0.4 is 0 Å². The number of benzene rings is 2. The van der Waals surface area contributed by atoms with Crippen LogP contribution in [0, 0.1) is 0 Å². The Morgan fingerprint density at radius 1 is 0.964 bits per heavy atom. The molecule has 1 saturated heterocycles. The molecule has 28 heavy (non-hydrogen) atoms. The van der Waals surface area contributed by atoms with Crippen LogP contribution >= 0.6 is 0 Å². The molecule has 0 bridgehead atoms. The highest BCUT2D eigenvalue weighted by Gasteiger charge is 2.27. The number of Topliss-reactive ketones (excluding diaryl/α,β-unsaturated/α-hetero) is 1. The van der Waals surface area contributed by atoms with Gasteiger partial charge in [-0.2, -0.15) is 0 Å². The third kappa shape index (κ3) is 3.75. The van der Waals surface area contributed by atoms with Gasteiger partial charge >= 0.3 is 0 Å². The van der Waals surface area contributed by atoms with E-state index in [4.69, 9.17) is 4.74 Å². The lowest BCUT2D eigenvalue weighted by Crippen LogP contribution is -2.44. The smallest absolute Gasteiger partial charge is 0.295 e. The number of amides is 1. The van der Waals surface area contributed by atoms with Crippen LogP contribution in [0.25, 0.3) is 17.0 Å². The predicted molar refractivity (Wildman–Crippen MR) is 109 cm³/mol. The number of hydrogen-bond acceptors (Lipinski definition) is 3. The van der Waals surface area contributed by atoms with Crippen molar-refractivity contribution in [1.29, 1.82) is 0 Å². The van der Waals surface area contributed by atoms with Crippen LogP contribution in [-0.4, -0.2) is 47.5 Å². The normalized spacial score (nSPS) is 14.6. The number of ketones is 1. The summed E-state index contributed by atoms with van der Waals surface area (Å²) >= 11 is 0. The number of para-hydroxylation sites is 1. The van der Waals surface area contributed by atoms with Crippen LogP contribution in [-0.2, 0) is 16.1 Å². The molecule has 0 spiro atoms. The van der Waals surface area contributed by atoms with Crippen molar-refractivity contribution in [2.45, 2.75) is 6.54 Å². The molecule has 1 aliphatic rings. The van der Waals surface area contributed by atoms with Crippen molar-refractivity contribution in [2.75, 3.05) is 26.3 Å². The van der Waals surface area contributed by atoms with E-state index in [0.29, 0.717) is 38.4 Å². The summed E-state index contributed by atoms with van der Waals surface area (Å²) in [6.45, 7) is 2.50. The second-order valence-electron chi connectivity index (χ2n) is 6.76. The van der Waals surface area contributed by atoms with Crippen molar-refractivity contribution >= 4 is 28.7 Å². The average Bonchev–Trinajstić information content (AvgIpc) is 3.13. The molecule has 0 atom stereocenters. The molecule has 0 N–H and O–H groups in total. The molecule has 1 aromatic heterocycles. The minimum absolute atomic E-state index is 0.453. The Kier molecular flexibility index (Phi) is 5.35. The summed E-state index contributed by atoms with van der Waals surface area (Å²) in [7, 11) is 0. The van der Waals surface area contributed by atoms with E-state index in [1.807, 2.05) is 59.2 Å². The minimum Gasteiger partial charge on any atom is -0.378 e. The SMILES string of the molecule is O=C(C(=O)N1CCOCC1)c1cn(C/C=C/c2ccccc2)c2ccccc12. The van der Waals surface area contributed by atoms with Crippen molar-refractivity contribution in [3.63, 3.8) is 0 Å². The summed E-state index contributed by atoms with van der Waals surface area (Å²) in [5, 5.41) is 0.808. The van der Waals surface area contributed by atoms with Gasteiger partial charge in [0, 0.05) is 36.7 Å². The van der Waals surface area contributed by atoms with E-state index in [1.54, 1.807) is 11.1 Å². The van der Waals surface area contributed by atoms with Gasteiger partial charge in [0.15, 0.2) is 0 Å². The van der Waals surface area contributed by atoms with Crippen molar-refractivity contribution in [1.82, 2.24) is 9.47 Å². The van der Waals surface area contributed by atoms with Gasteiger partial charge in [0.05, 0.1) is 18.8 Å². The molecule has 0 radical (unpaired) electrons. The molecule has 2 heterocycles. The molecule has 5 heteroatoms. The topological polar surface area (TPSA) is 51.5 Å². The summed E-state index contributed by atoms with van der Waals surface area (Å²) < 4.78 is 7.28. The van der Waals surface area contributed by atoms with Crippen LogP contribution in [0.3, 0.4) is 0 Å². The first-order valence-corrected chi connectivity index (χ1v) is 9.45. The van der Waals surface area contributed by atoms with E-state index in [-0.39, 0.29) is 0 Å². The van der Waals surface area contributed by atoms with Gasteiger partial charge in [-0.05, 0) is 11.6 Å². The third-order valence-corrected chi connectivity index (χ3v) is 4.94. The second kappa shape index (κ2) is 8.23. The maximum absolute atomic E-state index is 12.9. The van der Waals surface area contributed by atoms with Crippen LogP contribution in [0.2, 0.25) is 0 Å². The van der Waals surface area contributed by atoms with Crippen LogP contribution in [0.15, 0.2) is 66.9 Å². The van der Waals surface area contributed by atoms with Crippen LogP contribution in [0.1, 0.15) is 15.9 Å². The highest BCUT2D eigenvalue weighted by molar-refractivity contribution is 6.44. The van der Waals surface area contributed by atoms with Crippen molar-refractivity contribution in [2.24, 2.45) is 0 Å². The van der Waals surface area contributed by atoms with Crippen LogP contribution in [0.5, 0.6) is 0 Å². The number of aromatic nitrogens is 1. The minimum atomic E-state index is -0.455. The maximum atomic E-state index is 12.9. The monoisotopic (exact) mass is 374 g/mol. The molecule has 2 aromatic carbocycles. The number of fused-ring (bicyclic) bond motifs is 1. The lowest BCUT2D eigenvalue weighted by atomic mass is 10.1. The van der Waals surface area contributed by atoms with Crippen molar-refractivity contribution in [3.05, 3.63) is 78.0 Å². The third-order valence-electron chi connectivity index (χ3n) is 4.94. The number of rotatable bonds is 5.